The summed E-state index contributed by atoms with van der Waals surface area (Å²) in [6.07, 6.45) is 2.25. The highest BCUT2D eigenvalue weighted by Gasteiger charge is 2.44. The molecule has 2 aromatic rings. The number of nitrogens with one attached hydrogen (secondary N) is 5. The molecule has 2 fully saturated rings. The van der Waals surface area contributed by atoms with Crippen LogP contribution >= 0.6 is 0 Å². The number of ketones is 1. The van der Waals surface area contributed by atoms with Crippen molar-refractivity contribution in [1.82, 2.24) is 46.0 Å². The summed E-state index contributed by atoms with van der Waals surface area (Å²) < 4.78 is 23.2. The molecule has 2 aliphatic rings. The number of rotatable bonds is 32. The van der Waals surface area contributed by atoms with Crippen LogP contribution in [0.5, 0.6) is 0 Å². The van der Waals surface area contributed by atoms with Gasteiger partial charge in [-0.15, -0.1) is 0 Å². The molecule has 3 heterocycles. The molecule has 85 heavy (non-hydrogen) atoms. The first kappa shape index (κ1) is 71.3. The third kappa shape index (κ3) is 20.8. The first-order chi connectivity index (χ1) is 40.0. The number of aromatic amines is 1. The monoisotopic (exact) mass is 1200 g/mol. The second-order valence-electron chi connectivity index (χ2n) is 24.8. The van der Waals surface area contributed by atoms with Gasteiger partial charge in [-0.1, -0.05) is 73.1 Å². The molecule has 1 aromatic heterocycles. The molecular weight excluding hydrogens is 1090 g/mol. The lowest BCUT2D eigenvalue weighted by Crippen LogP contribution is -2.60. The normalized spacial score (nSPS) is 18.3. The number of likely N-dealkylation sites (N-methyl/N-ethyl adjacent to an activating group) is 2. The number of alkyl carbamates (subject to hydrolysis) is 1. The standard InChI is InChI=1S/C62H101N9O14/c1-17-39(6)54(48(81-15)35-49(73)70-31-22-26-47(70)55(82-16)41(8)56(75)65-46(59(78)71-32-20-21-33-83-71)34-43-36-64-45-25-19-18-24-44(43)45)69(14)60(79)51(37(2)3)66-58(77)53(38(4)5)68(13)30-23-27-50(74)84-42(9)52(57(76)63-29-28-40(7)72)67-61(80)85-62(10,11)12/h18-19,24-25,36-39,41-42,46-48,51-55,64H,17,20-23,26-35H2,1-16H3,(H,63,76)(H,65,75)(H,66,77)(H,67,80)/t39-,41+,42+,46-,47-,48+,51-,52-,53-,54-,55+/m0/s1. The van der Waals surface area contributed by atoms with Gasteiger partial charge < -0.3 is 55.0 Å². The molecule has 0 radical (unpaired) electrons. The fraction of sp³-hybridized carbons (Fsp3) is 0.726. The van der Waals surface area contributed by atoms with Crippen molar-refractivity contribution in [2.24, 2.45) is 23.7 Å². The first-order valence-corrected chi connectivity index (χ1v) is 30.4. The Balaban J connectivity index is 1.43. The zero-order valence-corrected chi connectivity index (χ0v) is 53.5. The largest absolute Gasteiger partial charge is 0.460 e. The minimum absolute atomic E-state index is 0.0251. The number of esters is 1. The summed E-state index contributed by atoms with van der Waals surface area (Å²) in [6, 6.07) is 2.76. The number of amides is 7. The minimum atomic E-state index is -1.32. The molecule has 0 unspecified atom stereocenters. The Morgan fingerprint density at radius 1 is 0.824 bits per heavy atom. The average Bonchev–Trinajstić information content (AvgIpc) is 4.32. The van der Waals surface area contributed by atoms with Gasteiger partial charge in [-0.2, -0.15) is 0 Å². The number of hydroxylamine groups is 2. The van der Waals surface area contributed by atoms with Gasteiger partial charge in [0.25, 0.3) is 5.91 Å². The van der Waals surface area contributed by atoms with E-state index >= 15 is 0 Å². The zero-order chi connectivity index (χ0) is 63.5. The van der Waals surface area contributed by atoms with Gasteiger partial charge in [0.15, 0.2) is 0 Å². The topological polar surface area (TPSA) is 277 Å². The van der Waals surface area contributed by atoms with Gasteiger partial charge in [-0.25, -0.2) is 9.86 Å². The van der Waals surface area contributed by atoms with Gasteiger partial charge in [0, 0.05) is 77.3 Å². The Kier molecular flexibility index (Phi) is 28.2. The van der Waals surface area contributed by atoms with Crippen molar-refractivity contribution in [1.29, 1.82) is 0 Å². The number of methoxy groups -OCH3 is 2. The highest BCUT2D eigenvalue weighted by atomic mass is 16.7. The predicted molar refractivity (Wildman–Crippen MR) is 321 cm³/mol. The number of aromatic nitrogens is 1. The Bertz CT molecular complexity index is 2540. The molecule has 11 atom stereocenters. The van der Waals surface area contributed by atoms with Crippen LogP contribution in [0, 0.1) is 23.7 Å². The first-order valence-electron chi connectivity index (χ1n) is 30.4. The molecule has 0 bridgehead atoms. The maximum absolute atomic E-state index is 14.8. The van der Waals surface area contributed by atoms with Gasteiger partial charge >= 0.3 is 12.1 Å². The van der Waals surface area contributed by atoms with Crippen LogP contribution in [0.25, 0.3) is 10.9 Å². The third-order valence-corrected chi connectivity index (χ3v) is 16.2. The Labute approximate surface area is 503 Å². The van der Waals surface area contributed by atoms with Crippen LogP contribution in [0.4, 0.5) is 4.79 Å². The van der Waals surface area contributed by atoms with Crippen LogP contribution in [0.3, 0.4) is 0 Å². The smallest absolute Gasteiger partial charge is 0.408 e. The molecule has 0 spiro atoms. The van der Waals surface area contributed by atoms with Crippen molar-refractivity contribution in [3.8, 4) is 0 Å². The number of carbonyl (C=O) groups excluding carboxylic acids is 9. The van der Waals surface area contributed by atoms with E-state index in [9.17, 15) is 43.2 Å². The number of ether oxygens (including phenoxy) is 4. The summed E-state index contributed by atoms with van der Waals surface area (Å²) in [5.74, 6) is -4.66. The summed E-state index contributed by atoms with van der Waals surface area (Å²) in [4.78, 5) is 137. The summed E-state index contributed by atoms with van der Waals surface area (Å²) in [6.45, 7) is 22.6. The lowest BCUT2D eigenvalue weighted by Gasteiger charge is -2.41. The molecule has 1 aromatic carbocycles. The maximum atomic E-state index is 14.8. The summed E-state index contributed by atoms with van der Waals surface area (Å²) in [5, 5.41) is 13.5. The zero-order valence-electron chi connectivity index (χ0n) is 53.5. The number of hydrogen-bond acceptors (Lipinski definition) is 15. The minimum Gasteiger partial charge on any atom is -0.460 e. The van der Waals surface area contributed by atoms with Gasteiger partial charge in [0.05, 0.1) is 49.3 Å². The molecule has 2 aliphatic heterocycles. The van der Waals surface area contributed by atoms with Crippen LogP contribution in [-0.2, 0) is 68.6 Å². The van der Waals surface area contributed by atoms with E-state index in [0.717, 1.165) is 29.3 Å². The van der Waals surface area contributed by atoms with Gasteiger partial charge in [0.1, 0.15) is 35.6 Å². The van der Waals surface area contributed by atoms with Gasteiger partial charge in [-0.3, -0.25) is 48.1 Å². The molecular formula is C62H101N9O14. The van der Waals surface area contributed by atoms with E-state index in [-0.39, 0.29) is 92.4 Å². The number of fused-ring (bicyclic) bond motifs is 1. The van der Waals surface area contributed by atoms with E-state index in [1.54, 1.807) is 51.6 Å². The lowest BCUT2D eigenvalue weighted by molar-refractivity contribution is -0.199. The number of hydrogen-bond donors (Lipinski definition) is 5. The highest BCUT2D eigenvalue weighted by molar-refractivity contribution is 5.92. The van der Waals surface area contributed by atoms with Gasteiger partial charge in [0.2, 0.25) is 29.5 Å². The fourth-order valence-corrected chi connectivity index (χ4v) is 11.5. The third-order valence-electron chi connectivity index (χ3n) is 16.2. The Morgan fingerprint density at radius 3 is 2.12 bits per heavy atom. The predicted octanol–water partition coefficient (Wildman–Crippen LogP) is 5.47. The molecule has 23 heteroatoms. The van der Waals surface area contributed by atoms with E-state index in [1.807, 2.05) is 76.9 Å². The second-order valence-corrected chi connectivity index (χ2v) is 24.8. The number of nitrogens with zero attached hydrogens (tertiary/aromatic N) is 4. The summed E-state index contributed by atoms with van der Waals surface area (Å²) in [5.41, 5.74) is 0.918. The summed E-state index contributed by atoms with van der Waals surface area (Å²) in [7, 11) is 6.48. The Morgan fingerprint density at radius 2 is 1.52 bits per heavy atom. The molecule has 2 saturated heterocycles. The second kappa shape index (κ2) is 33.7. The number of likely N-dealkylation sites (tertiary alicyclic amines) is 1. The van der Waals surface area contributed by atoms with E-state index in [4.69, 9.17) is 23.8 Å². The molecule has 478 valence electrons. The van der Waals surface area contributed by atoms with Crippen LogP contribution < -0.4 is 21.3 Å². The molecule has 0 aliphatic carbocycles. The SMILES string of the molecule is CC[C@H](C)[C@@H]([C@@H](CC(=O)N1CCC[C@H]1[C@H](OC)[C@@H](C)C(=O)N[C@@H](Cc1c[nH]c2ccccc12)C(=O)N1CCCCO1)OC)N(C)C(=O)[C@@H](NC(=O)[C@H](C(C)C)N(C)CCCC(=O)O[C@H](C)[C@H](NC(=O)OC(C)(C)C)C(=O)NCCC(C)=O)C(C)C. The number of para-hydroxylation sites is 1. The average molecular weight is 1200 g/mol. The van der Waals surface area contributed by atoms with Crippen molar-refractivity contribution in [2.45, 2.75) is 207 Å². The van der Waals surface area contributed by atoms with Crippen molar-refractivity contribution < 1.29 is 66.9 Å². The Hall–Kier alpha value is -6.17. The molecule has 23 nitrogen and oxygen atoms in total. The van der Waals surface area contributed by atoms with Crippen molar-refractivity contribution in [3.63, 3.8) is 0 Å². The van der Waals surface area contributed by atoms with E-state index in [1.165, 1.54) is 33.1 Å². The van der Waals surface area contributed by atoms with Crippen molar-refractivity contribution >= 4 is 64.2 Å². The van der Waals surface area contributed by atoms with Crippen LogP contribution in [0.1, 0.15) is 146 Å². The van der Waals surface area contributed by atoms with Crippen LogP contribution in [0.15, 0.2) is 30.5 Å². The number of H-pyrrole nitrogens is 1. The number of benzene rings is 1. The maximum Gasteiger partial charge on any atom is 0.408 e. The van der Waals surface area contributed by atoms with E-state index in [2.05, 4.69) is 26.3 Å². The van der Waals surface area contributed by atoms with Crippen LogP contribution in [0.2, 0.25) is 0 Å². The fourth-order valence-electron chi connectivity index (χ4n) is 11.5. The quantitative estimate of drug-likeness (QED) is 0.0569. The van der Waals surface area contributed by atoms with Crippen LogP contribution in [-0.4, -0.2) is 199 Å². The number of Topliss-reactive ketones (excluding diaryl/α,β-unsaturated/α-hetero) is 1. The molecule has 4 rings (SSSR count). The van der Waals surface area contributed by atoms with Crippen molar-refractivity contribution in [2.75, 3.05) is 61.1 Å². The molecule has 7 amide bonds. The van der Waals surface area contributed by atoms with E-state index in [0.29, 0.717) is 39.0 Å². The number of carbonyl (C=O) groups is 9. The van der Waals surface area contributed by atoms with E-state index < -0.39 is 90.0 Å². The highest BCUT2D eigenvalue weighted by Crippen LogP contribution is 2.31. The van der Waals surface area contributed by atoms with Crippen molar-refractivity contribution in [3.05, 3.63) is 36.0 Å². The molecule has 0 saturated carbocycles. The van der Waals surface area contributed by atoms with Gasteiger partial charge in [-0.05, 0) is 110 Å². The summed E-state index contributed by atoms with van der Waals surface area (Å²) >= 11 is 0. The lowest BCUT2D eigenvalue weighted by atomic mass is 9.89. The molecule has 5 N–H and O–H groups in total.